The number of carbonyl (C=O) groups is 3. The SMILES string of the molecule is O=C([O-])CCCCCNc1nc(NCCCCCC(=O)[O-])nc(NCCCCCC(=O)[O-])n1.[Al+3]. The van der Waals surface area contributed by atoms with Gasteiger partial charge in [-0.3, -0.25) is 0 Å². The molecule has 0 fully saturated rings. The zero-order chi connectivity index (χ0) is 24.3. The van der Waals surface area contributed by atoms with Crippen molar-refractivity contribution in [3.8, 4) is 0 Å². The maximum absolute atomic E-state index is 10.5. The van der Waals surface area contributed by atoms with Crippen molar-refractivity contribution < 1.29 is 29.7 Å². The fourth-order valence-corrected chi connectivity index (χ4v) is 2.93. The van der Waals surface area contributed by atoms with Crippen LogP contribution in [0, 0.1) is 0 Å². The molecule has 1 rings (SSSR count). The molecule has 0 amide bonds. The Labute approximate surface area is 210 Å². The number of nitrogens with one attached hydrogen (secondary N) is 3. The molecule has 13 heteroatoms. The standard InChI is InChI=1S/C21H36N6O6.Al/c28-16(29)10-4-1-7-13-22-19-25-20(23-14-8-2-5-11-17(30)31)27-21(26-19)24-15-9-3-6-12-18(32)33;/h1-15H2,(H,28,29)(H,30,31)(H,32,33)(H3,22,23,24,25,26,27);/q;+3/p-3. The van der Waals surface area contributed by atoms with E-state index in [-0.39, 0.29) is 36.6 Å². The van der Waals surface area contributed by atoms with Gasteiger partial charge in [0.25, 0.3) is 0 Å². The molecule has 1 aromatic rings. The largest absolute Gasteiger partial charge is 3.00 e. The first-order chi connectivity index (χ1) is 15.9. The fourth-order valence-electron chi connectivity index (χ4n) is 2.93. The Balaban J connectivity index is 0.0000109. The summed E-state index contributed by atoms with van der Waals surface area (Å²) in [6.07, 6.45) is 6.24. The molecule has 1 aromatic heterocycles. The van der Waals surface area contributed by atoms with E-state index in [1.807, 2.05) is 0 Å². The summed E-state index contributed by atoms with van der Waals surface area (Å²) in [5, 5.41) is 40.7. The van der Waals surface area contributed by atoms with Crippen LogP contribution in [-0.2, 0) is 14.4 Å². The first-order valence-corrected chi connectivity index (χ1v) is 11.4. The minimum absolute atomic E-state index is 0. The predicted octanol–water partition coefficient (Wildman–Crippen LogP) is -1.34. The van der Waals surface area contributed by atoms with E-state index >= 15 is 0 Å². The molecule has 0 saturated carbocycles. The van der Waals surface area contributed by atoms with Gasteiger partial charge in [0, 0.05) is 37.5 Å². The van der Waals surface area contributed by atoms with Crippen molar-refractivity contribution in [2.45, 2.75) is 77.0 Å². The molecule has 0 aliphatic rings. The van der Waals surface area contributed by atoms with E-state index in [1.165, 1.54) is 0 Å². The Hall–Kier alpha value is -2.65. The van der Waals surface area contributed by atoms with Crippen LogP contribution in [0.3, 0.4) is 0 Å². The molecule has 1 heterocycles. The number of carbonyl (C=O) groups excluding carboxylic acids is 3. The second-order valence-electron chi connectivity index (χ2n) is 7.63. The average molecular weight is 493 g/mol. The van der Waals surface area contributed by atoms with Gasteiger partial charge in [0.05, 0.1) is 0 Å². The summed E-state index contributed by atoms with van der Waals surface area (Å²) in [6.45, 7) is 1.72. The summed E-state index contributed by atoms with van der Waals surface area (Å²) in [5.74, 6) is -2.01. The molecule has 12 nitrogen and oxygen atoms in total. The van der Waals surface area contributed by atoms with Gasteiger partial charge in [-0.2, -0.15) is 15.0 Å². The van der Waals surface area contributed by atoms with Crippen LogP contribution in [0.15, 0.2) is 0 Å². The maximum atomic E-state index is 10.5. The second-order valence-corrected chi connectivity index (χ2v) is 7.63. The number of hydrogen-bond donors (Lipinski definition) is 3. The van der Waals surface area contributed by atoms with Crippen molar-refractivity contribution in [1.29, 1.82) is 0 Å². The summed E-state index contributed by atoms with van der Waals surface area (Å²) < 4.78 is 0. The van der Waals surface area contributed by atoms with Gasteiger partial charge in [0.15, 0.2) is 0 Å². The summed E-state index contributed by atoms with van der Waals surface area (Å²) in [5.41, 5.74) is 0. The molecule has 0 saturated heterocycles. The first-order valence-electron chi connectivity index (χ1n) is 11.4. The Kier molecular flexibility index (Phi) is 18.2. The minimum atomic E-state index is -1.05. The average Bonchev–Trinajstić information content (AvgIpc) is 2.75. The van der Waals surface area contributed by atoms with Crippen LogP contribution in [-0.4, -0.2) is 69.9 Å². The van der Waals surface area contributed by atoms with Gasteiger partial charge >= 0.3 is 17.4 Å². The van der Waals surface area contributed by atoms with E-state index in [0.717, 1.165) is 38.5 Å². The monoisotopic (exact) mass is 492 g/mol. The molecule has 0 aliphatic heterocycles. The van der Waals surface area contributed by atoms with Gasteiger partial charge in [-0.15, -0.1) is 0 Å². The molecule has 0 bridgehead atoms. The Morgan fingerprint density at radius 3 is 1.00 bits per heavy atom. The van der Waals surface area contributed by atoms with E-state index in [1.54, 1.807) is 0 Å². The summed E-state index contributed by atoms with van der Waals surface area (Å²) in [4.78, 5) is 44.4. The number of carboxylic acids is 3. The third kappa shape index (κ3) is 17.9. The Morgan fingerprint density at radius 2 is 0.765 bits per heavy atom. The van der Waals surface area contributed by atoms with E-state index < -0.39 is 17.9 Å². The zero-order valence-electron chi connectivity index (χ0n) is 19.5. The Morgan fingerprint density at radius 1 is 0.500 bits per heavy atom. The molecule has 0 radical (unpaired) electrons. The minimum Gasteiger partial charge on any atom is -0.550 e. The number of anilines is 3. The van der Waals surface area contributed by atoms with E-state index in [0.29, 0.717) is 56.7 Å². The molecule has 0 unspecified atom stereocenters. The number of hydrogen-bond acceptors (Lipinski definition) is 12. The molecule has 0 atom stereocenters. The molecule has 0 spiro atoms. The Bertz CT molecular complexity index is 632. The second kappa shape index (κ2) is 19.8. The first kappa shape index (κ1) is 31.4. The molecule has 186 valence electrons. The van der Waals surface area contributed by atoms with Crippen molar-refractivity contribution in [2.75, 3.05) is 35.6 Å². The number of aliphatic carboxylic acids is 3. The van der Waals surface area contributed by atoms with Crippen LogP contribution in [0.2, 0.25) is 0 Å². The summed E-state index contributed by atoms with van der Waals surface area (Å²) >= 11 is 0. The quantitative estimate of drug-likeness (QED) is 0.135. The zero-order valence-corrected chi connectivity index (χ0v) is 20.6. The number of aromatic nitrogens is 3. The van der Waals surface area contributed by atoms with Crippen LogP contribution in [0.4, 0.5) is 17.8 Å². The maximum Gasteiger partial charge on any atom is 3.00 e. The number of unbranched alkanes of at least 4 members (excludes halogenated alkanes) is 6. The van der Waals surface area contributed by atoms with E-state index in [2.05, 4.69) is 30.9 Å². The van der Waals surface area contributed by atoms with Crippen LogP contribution in [0.1, 0.15) is 77.0 Å². The van der Waals surface area contributed by atoms with Crippen LogP contribution < -0.4 is 31.3 Å². The van der Waals surface area contributed by atoms with E-state index in [9.17, 15) is 29.7 Å². The molecule has 3 N–H and O–H groups in total. The van der Waals surface area contributed by atoms with Gasteiger partial charge in [-0.05, 0) is 57.8 Å². The number of rotatable bonds is 21. The fraction of sp³-hybridized carbons (Fsp3) is 0.714. The number of nitrogens with zero attached hydrogens (tertiary/aromatic N) is 3. The molecule has 0 aromatic carbocycles. The predicted molar refractivity (Wildman–Crippen MR) is 121 cm³/mol. The van der Waals surface area contributed by atoms with Crippen molar-refractivity contribution in [3.05, 3.63) is 0 Å². The summed E-state index contributed by atoms with van der Waals surface area (Å²) in [6, 6.07) is 0. The van der Waals surface area contributed by atoms with Crippen molar-refractivity contribution in [3.63, 3.8) is 0 Å². The summed E-state index contributed by atoms with van der Waals surface area (Å²) in [7, 11) is 0. The van der Waals surface area contributed by atoms with Crippen LogP contribution >= 0.6 is 0 Å². The van der Waals surface area contributed by atoms with E-state index in [4.69, 9.17) is 0 Å². The van der Waals surface area contributed by atoms with Crippen LogP contribution in [0.5, 0.6) is 0 Å². The van der Waals surface area contributed by atoms with Gasteiger partial charge in [0.2, 0.25) is 17.8 Å². The molecule has 0 aliphatic carbocycles. The van der Waals surface area contributed by atoms with Gasteiger partial charge in [-0.25, -0.2) is 0 Å². The normalized spacial score (nSPS) is 10.2. The van der Waals surface area contributed by atoms with Crippen molar-refractivity contribution in [1.82, 2.24) is 15.0 Å². The van der Waals surface area contributed by atoms with Gasteiger partial charge < -0.3 is 45.7 Å². The smallest absolute Gasteiger partial charge is 0.550 e. The number of carboxylic acid groups (broad SMARTS) is 3. The van der Waals surface area contributed by atoms with Crippen molar-refractivity contribution >= 4 is 53.1 Å². The van der Waals surface area contributed by atoms with Gasteiger partial charge in [-0.1, -0.05) is 19.3 Å². The molecule has 34 heavy (non-hydrogen) atoms. The molecular weight excluding hydrogens is 459 g/mol. The van der Waals surface area contributed by atoms with Crippen molar-refractivity contribution in [2.24, 2.45) is 0 Å². The third-order valence-electron chi connectivity index (χ3n) is 4.66. The topological polar surface area (TPSA) is 195 Å². The van der Waals surface area contributed by atoms with Crippen LogP contribution in [0.25, 0.3) is 0 Å². The van der Waals surface area contributed by atoms with Gasteiger partial charge in [0.1, 0.15) is 0 Å². The molecular formula is C21H33AlN6O6. The third-order valence-corrected chi connectivity index (χ3v) is 4.66.